The Morgan fingerprint density at radius 3 is 2.93 bits per heavy atom. The summed E-state index contributed by atoms with van der Waals surface area (Å²) in [6.45, 7) is 2.31. The van der Waals surface area contributed by atoms with Crippen LogP contribution in [0.5, 0.6) is 0 Å². The summed E-state index contributed by atoms with van der Waals surface area (Å²) in [6, 6.07) is 3.06. The molecule has 7 nitrogen and oxygen atoms in total. The molecule has 2 aromatic rings. The minimum Gasteiger partial charge on any atom is -0.353 e. The first-order valence-electron chi connectivity index (χ1n) is 9.26. The molecule has 0 bridgehead atoms. The molecule has 28 heavy (non-hydrogen) atoms. The lowest BCUT2D eigenvalue weighted by atomic mass is 10.0. The number of aromatic nitrogens is 2. The van der Waals surface area contributed by atoms with E-state index < -0.39 is 17.7 Å². The predicted molar refractivity (Wildman–Crippen MR) is 95.9 cm³/mol. The molecule has 2 amide bonds. The number of carbonyl (C=O) groups is 2. The van der Waals surface area contributed by atoms with Gasteiger partial charge in [-0.2, -0.15) is 5.10 Å². The standard InChI is InChI=1S/C19H21F2N5O2/c20-14-2-1-12(7-15(14)21)10-25-6-4-22-19(28)17(25)8-18(27)26-5-3-16-13(11-26)9-23-24-16/h1-2,7,9,17H,3-6,8,10-11H2,(H,22,28)(H,23,24)/t17-/m0/s1. The van der Waals surface area contributed by atoms with Gasteiger partial charge < -0.3 is 10.2 Å². The fraction of sp³-hybridized carbons (Fsp3) is 0.421. The highest BCUT2D eigenvalue weighted by atomic mass is 19.2. The average Bonchev–Trinajstić information content (AvgIpc) is 3.15. The summed E-state index contributed by atoms with van der Waals surface area (Å²) in [4.78, 5) is 28.8. The minimum atomic E-state index is -0.921. The van der Waals surface area contributed by atoms with Crippen molar-refractivity contribution in [3.05, 3.63) is 52.9 Å². The Hall–Kier alpha value is -2.81. The number of hydrogen-bond acceptors (Lipinski definition) is 4. The molecule has 1 atom stereocenters. The quantitative estimate of drug-likeness (QED) is 0.816. The first kappa shape index (κ1) is 18.5. The maximum Gasteiger partial charge on any atom is 0.237 e. The van der Waals surface area contributed by atoms with Gasteiger partial charge in [0, 0.05) is 50.4 Å². The van der Waals surface area contributed by atoms with Crippen molar-refractivity contribution in [3.63, 3.8) is 0 Å². The zero-order valence-corrected chi connectivity index (χ0v) is 15.3. The van der Waals surface area contributed by atoms with Gasteiger partial charge in [0.1, 0.15) is 0 Å². The van der Waals surface area contributed by atoms with Crippen LogP contribution in [0.1, 0.15) is 23.2 Å². The van der Waals surface area contributed by atoms with Crippen LogP contribution >= 0.6 is 0 Å². The molecule has 1 fully saturated rings. The first-order chi connectivity index (χ1) is 13.5. The van der Waals surface area contributed by atoms with E-state index in [0.29, 0.717) is 38.2 Å². The number of aromatic amines is 1. The molecule has 1 saturated heterocycles. The fourth-order valence-corrected chi connectivity index (χ4v) is 3.78. The van der Waals surface area contributed by atoms with Crippen LogP contribution in [-0.4, -0.2) is 57.5 Å². The molecule has 0 spiro atoms. The molecule has 1 aromatic carbocycles. The molecule has 4 rings (SSSR count). The largest absolute Gasteiger partial charge is 0.353 e. The van der Waals surface area contributed by atoms with Crippen molar-refractivity contribution in [1.29, 1.82) is 0 Å². The lowest BCUT2D eigenvalue weighted by Gasteiger charge is -2.36. The van der Waals surface area contributed by atoms with Gasteiger partial charge in [0.05, 0.1) is 18.7 Å². The molecule has 0 radical (unpaired) electrons. The molecule has 0 saturated carbocycles. The van der Waals surface area contributed by atoms with E-state index in [4.69, 9.17) is 0 Å². The molecular weight excluding hydrogens is 368 g/mol. The van der Waals surface area contributed by atoms with Crippen LogP contribution in [0.3, 0.4) is 0 Å². The van der Waals surface area contributed by atoms with E-state index in [2.05, 4.69) is 15.5 Å². The Kier molecular flexibility index (Phi) is 5.08. The van der Waals surface area contributed by atoms with Crippen molar-refractivity contribution in [2.45, 2.75) is 32.0 Å². The second-order valence-electron chi connectivity index (χ2n) is 7.17. The highest BCUT2D eigenvalue weighted by Gasteiger charge is 2.34. The lowest BCUT2D eigenvalue weighted by molar-refractivity contribution is -0.139. The molecule has 0 unspecified atom stereocenters. The summed E-state index contributed by atoms with van der Waals surface area (Å²) in [6.07, 6.45) is 2.47. The average molecular weight is 389 g/mol. The summed E-state index contributed by atoms with van der Waals surface area (Å²) in [5.41, 5.74) is 2.60. The van der Waals surface area contributed by atoms with Crippen molar-refractivity contribution in [1.82, 2.24) is 25.3 Å². The van der Waals surface area contributed by atoms with Gasteiger partial charge in [0.15, 0.2) is 11.6 Å². The Balaban J connectivity index is 1.45. The number of benzene rings is 1. The number of carbonyl (C=O) groups excluding carboxylic acids is 2. The van der Waals surface area contributed by atoms with Crippen LogP contribution in [0.15, 0.2) is 24.4 Å². The van der Waals surface area contributed by atoms with E-state index in [1.807, 2.05) is 4.90 Å². The molecule has 2 aliphatic rings. The van der Waals surface area contributed by atoms with E-state index in [1.54, 1.807) is 11.1 Å². The summed E-state index contributed by atoms with van der Waals surface area (Å²) in [5, 5.41) is 9.72. The third-order valence-electron chi connectivity index (χ3n) is 5.33. The van der Waals surface area contributed by atoms with E-state index in [1.165, 1.54) is 6.07 Å². The lowest BCUT2D eigenvalue weighted by Crippen LogP contribution is -2.56. The highest BCUT2D eigenvalue weighted by Crippen LogP contribution is 2.20. The van der Waals surface area contributed by atoms with Gasteiger partial charge in [0.2, 0.25) is 11.8 Å². The maximum atomic E-state index is 13.5. The van der Waals surface area contributed by atoms with Crippen molar-refractivity contribution in [3.8, 4) is 0 Å². The number of rotatable bonds is 4. The molecule has 3 heterocycles. The predicted octanol–water partition coefficient (Wildman–Crippen LogP) is 0.963. The molecule has 2 N–H and O–H groups in total. The van der Waals surface area contributed by atoms with Gasteiger partial charge in [-0.05, 0) is 17.7 Å². The zero-order chi connectivity index (χ0) is 19.7. The molecule has 1 aromatic heterocycles. The monoisotopic (exact) mass is 389 g/mol. The Morgan fingerprint density at radius 2 is 2.11 bits per heavy atom. The van der Waals surface area contributed by atoms with Gasteiger partial charge >= 0.3 is 0 Å². The van der Waals surface area contributed by atoms with E-state index in [-0.39, 0.29) is 24.8 Å². The Morgan fingerprint density at radius 1 is 1.25 bits per heavy atom. The Bertz CT molecular complexity index is 900. The summed E-state index contributed by atoms with van der Waals surface area (Å²) < 4.78 is 26.7. The Labute approximate surface area is 160 Å². The third-order valence-corrected chi connectivity index (χ3v) is 5.33. The molecule has 0 aliphatic carbocycles. The number of piperazine rings is 1. The van der Waals surface area contributed by atoms with Crippen molar-refractivity contribution >= 4 is 11.8 Å². The third kappa shape index (κ3) is 3.75. The van der Waals surface area contributed by atoms with Gasteiger partial charge in [-0.3, -0.25) is 19.6 Å². The minimum absolute atomic E-state index is 0.0443. The smallest absolute Gasteiger partial charge is 0.237 e. The molecular formula is C19H21F2N5O2. The maximum absolute atomic E-state index is 13.5. The van der Waals surface area contributed by atoms with E-state index >= 15 is 0 Å². The number of fused-ring (bicyclic) bond motifs is 1. The van der Waals surface area contributed by atoms with Crippen LogP contribution in [-0.2, 0) is 29.1 Å². The van der Waals surface area contributed by atoms with Crippen molar-refractivity contribution in [2.24, 2.45) is 0 Å². The number of hydrogen-bond donors (Lipinski definition) is 2. The number of amides is 2. The number of nitrogens with zero attached hydrogens (tertiary/aromatic N) is 3. The normalized spacial score (nSPS) is 20.0. The van der Waals surface area contributed by atoms with Crippen molar-refractivity contribution in [2.75, 3.05) is 19.6 Å². The number of H-pyrrole nitrogens is 1. The summed E-state index contributed by atoms with van der Waals surface area (Å²) in [7, 11) is 0. The molecule has 9 heteroatoms. The van der Waals surface area contributed by atoms with Gasteiger partial charge in [-0.1, -0.05) is 6.07 Å². The second kappa shape index (κ2) is 7.67. The van der Waals surface area contributed by atoms with Crippen LogP contribution < -0.4 is 5.32 Å². The van der Waals surface area contributed by atoms with Gasteiger partial charge in [0.25, 0.3) is 0 Å². The van der Waals surface area contributed by atoms with Gasteiger partial charge in [-0.15, -0.1) is 0 Å². The van der Waals surface area contributed by atoms with Crippen LogP contribution in [0, 0.1) is 11.6 Å². The van der Waals surface area contributed by atoms with E-state index in [9.17, 15) is 18.4 Å². The molecule has 2 aliphatic heterocycles. The zero-order valence-electron chi connectivity index (χ0n) is 15.3. The van der Waals surface area contributed by atoms with Crippen molar-refractivity contribution < 1.29 is 18.4 Å². The van der Waals surface area contributed by atoms with Crippen LogP contribution in [0.4, 0.5) is 8.78 Å². The van der Waals surface area contributed by atoms with Crippen LogP contribution in [0.25, 0.3) is 0 Å². The summed E-state index contributed by atoms with van der Waals surface area (Å²) >= 11 is 0. The highest BCUT2D eigenvalue weighted by molar-refractivity contribution is 5.89. The SMILES string of the molecule is O=C1NCCN(Cc2ccc(F)c(F)c2)[C@H]1CC(=O)N1CCc2[nH]ncc2C1. The topological polar surface area (TPSA) is 81.3 Å². The first-order valence-corrected chi connectivity index (χ1v) is 9.26. The number of nitrogens with one attached hydrogen (secondary N) is 2. The fourth-order valence-electron chi connectivity index (χ4n) is 3.78. The number of halogens is 2. The molecule has 148 valence electrons. The second-order valence-corrected chi connectivity index (χ2v) is 7.17. The van der Waals surface area contributed by atoms with Crippen LogP contribution in [0.2, 0.25) is 0 Å². The summed E-state index contributed by atoms with van der Waals surface area (Å²) in [5.74, 6) is -2.15. The van der Waals surface area contributed by atoms with Gasteiger partial charge in [-0.25, -0.2) is 8.78 Å². The van der Waals surface area contributed by atoms with E-state index in [0.717, 1.165) is 23.4 Å².